The SMILES string of the molecule is COc1cccc(CNC(C)C)c1OCc1noc(C)n1. The molecule has 0 fully saturated rings. The first kappa shape index (κ1) is 15.3. The summed E-state index contributed by atoms with van der Waals surface area (Å²) in [4.78, 5) is 4.13. The van der Waals surface area contributed by atoms with E-state index in [1.54, 1.807) is 14.0 Å². The molecule has 114 valence electrons. The standard InChI is InChI=1S/C15H21N3O3/c1-10(2)16-8-12-6-5-7-13(19-4)15(12)20-9-14-17-11(3)21-18-14/h5-7,10,16H,8-9H2,1-4H3. The third kappa shape index (κ3) is 4.19. The van der Waals surface area contributed by atoms with Gasteiger partial charge in [-0.25, -0.2) is 0 Å². The van der Waals surface area contributed by atoms with Crippen LogP contribution in [0.1, 0.15) is 31.1 Å². The summed E-state index contributed by atoms with van der Waals surface area (Å²) < 4.78 is 16.1. The van der Waals surface area contributed by atoms with E-state index >= 15 is 0 Å². The number of ether oxygens (including phenoxy) is 2. The maximum absolute atomic E-state index is 5.84. The Morgan fingerprint density at radius 1 is 1.33 bits per heavy atom. The molecule has 0 aliphatic carbocycles. The highest BCUT2D eigenvalue weighted by Gasteiger charge is 2.12. The van der Waals surface area contributed by atoms with Gasteiger partial charge >= 0.3 is 0 Å². The van der Waals surface area contributed by atoms with Gasteiger partial charge in [-0.3, -0.25) is 0 Å². The smallest absolute Gasteiger partial charge is 0.223 e. The lowest BCUT2D eigenvalue weighted by molar-refractivity contribution is 0.265. The van der Waals surface area contributed by atoms with Crippen LogP contribution in [0.3, 0.4) is 0 Å². The van der Waals surface area contributed by atoms with Gasteiger partial charge in [0, 0.05) is 25.1 Å². The molecule has 0 bridgehead atoms. The molecule has 6 nitrogen and oxygen atoms in total. The first-order valence-corrected chi connectivity index (χ1v) is 6.91. The fraction of sp³-hybridized carbons (Fsp3) is 0.467. The quantitative estimate of drug-likeness (QED) is 0.845. The van der Waals surface area contributed by atoms with Gasteiger partial charge in [-0.15, -0.1) is 0 Å². The third-order valence-corrected chi connectivity index (χ3v) is 2.90. The summed E-state index contributed by atoms with van der Waals surface area (Å²) in [6.07, 6.45) is 0. The summed E-state index contributed by atoms with van der Waals surface area (Å²) >= 11 is 0. The molecule has 1 aromatic heterocycles. The van der Waals surface area contributed by atoms with Crippen molar-refractivity contribution in [2.24, 2.45) is 0 Å². The number of methoxy groups -OCH3 is 1. The lowest BCUT2D eigenvalue weighted by Gasteiger charge is -2.15. The molecule has 0 aliphatic heterocycles. The normalized spacial score (nSPS) is 10.9. The van der Waals surface area contributed by atoms with Gasteiger partial charge in [-0.2, -0.15) is 4.98 Å². The minimum absolute atomic E-state index is 0.242. The van der Waals surface area contributed by atoms with Crippen molar-refractivity contribution in [3.8, 4) is 11.5 Å². The van der Waals surface area contributed by atoms with Crippen molar-refractivity contribution < 1.29 is 14.0 Å². The van der Waals surface area contributed by atoms with Crippen molar-refractivity contribution in [2.45, 2.75) is 40.0 Å². The topological polar surface area (TPSA) is 69.4 Å². The van der Waals surface area contributed by atoms with E-state index in [9.17, 15) is 0 Å². The van der Waals surface area contributed by atoms with Crippen molar-refractivity contribution in [1.82, 2.24) is 15.5 Å². The number of hydrogen-bond acceptors (Lipinski definition) is 6. The van der Waals surface area contributed by atoms with Gasteiger partial charge in [0.2, 0.25) is 11.7 Å². The van der Waals surface area contributed by atoms with Gasteiger partial charge in [-0.05, 0) is 6.07 Å². The summed E-state index contributed by atoms with van der Waals surface area (Å²) in [6.45, 7) is 6.89. The van der Waals surface area contributed by atoms with Crippen LogP contribution in [0.25, 0.3) is 0 Å². The lowest BCUT2D eigenvalue weighted by atomic mass is 10.1. The van der Waals surface area contributed by atoms with Crippen molar-refractivity contribution >= 4 is 0 Å². The van der Waals surface area contributed by atoms with E-state index < -0.39 is 0 Å². The fourth-order valence-corrected chi connectivity index (χ4v) is 1.88. The number of hydrogen-bond donors (Lipinski definition) is 1. The highest BCUT2D eigenvalue weighted by molar-refractivity contribution is 5.46. The molecule has 2 rings (SSSR count). The molecule has 6 heteroatoms. The van der Waals surface area contributed by atoms with Crippen LogP contribution >= 0.6 is 0 Å². The Bertz CT molecular complexity index is 581. The van der Waals surface area contributed by atoms with Crippen LogP contribution in [0.2, 0.25) is 0 Å². The number of rotatable bonds is 7. The maximum Gasteiger partial charge on any atom is 0.223 e. The molecule has 21 heavy (non-hydrogen) atoms. The Hall–Kier alpha value is -2.08. The number of aromatic nitrogens is 2. The Balaban J connectivity index is 2.14. The Kier molecular flexibility index (Phi) is 5.16. The van der Waals surface area contributed by atoms with Gasteiger partial charge in [0.05, 0.1) is 7.11 Å². The molecular formula is C15H21N3O3. The second kappa shape index (κ2) is 7.08. The van der Waals surface area contributed by atoms with E-state index in [1.807, 2.05) is 18.2 Å². The summed E-state index contributed by atoms with van der Waals surface area (Å²) in [7, 11) is 1.63. The molecule has 1 N–H and O–H groups in total. The van der Waals surface area contributed by atoms with Crippen LogP contribution in [0.15, 0.2) is 22.7 Å². The largest absolute Gasteiger partial charge is 0.493 e. The van der Waals surface area contributed by atoms with Crippen molar-refractivity contribution in [3.05, 3.63) is 35.5 Å². The molecule has 0 aliphatic rings. The average molecular weight is 291 g/mol. The minimum atomic E-state index is 0.242. The Labute approximate surface area is 124 Å². The number of nitrogens with one attached hydrogen (secondary N) is 1. The number of para-hydroxylation sites is 1. The van der Waals surface area contributed by atoms with E-state index in [4.69, 9.17) is 14.0 Å². The molecule has 1 heterocycles. The minimum Gasteiger partial charge on any atom is -0.493 e. The molecule has 0 unspecified atom stereocenters. The molecule has 0 saturated carbocycles. The van der Waals surface area contributed by atoms with Gasteiger partial charge in [0.1, 0.15) is 0 Å². The lowest BCUT2D eigenvalue weighted by Crippen LogP contribution is -2.22. The predicted molar refractivity (Wildman–Crippen MR) is 78.3 cm³/mol. The second-order valence-electron chi connectivity index (χ2n) is 5.00. The van der Waals surface area contributed by atoms with Crippen LogP contribution in [0, 0.1) is 6.92 Å². The van der Waals surface area contributed by atoms with Gasteiger partial charge in [0.15, 0.2) is 18.1 Å². The van der Waals surface area contributed by atoms with Crippen LogP contribution in [-0.4, -0.2) is 23.3 Å². The Morgan fingerprint density at radius 2 is 2.14 bits per heavy atom. The fourth-order valence-electron chi connectivity index (χ4n) is 1.88. The average Bonchev–Trinajstić information content (AvgIpc) is 2.88. The van der Waals surface area contributed by atoms with Crippen molar-refractivity contribution in [1.29, 1.82) is 0 Å². The zero-order valence-electron chi connectivity index (χ0n) is 12.8. The molecule has 0 amide bonds. The van der Waals surface area contributed by atoms with Crippen LogP contribution in [-0.2, 0) is 13.2 Å². The number of nitrogens with zero attached hydrogens (tertiary/aromatic N) is 2. The molecule has 0 saturated heterocycles. The maximum atomic E-state index is 5.84. The number of benzene rings is 1. The first-order chi connectivity index (χ1) is 10.1. The van der Waals surface area contributed by atoms with E-state index in [-0.39, 0.29) is 6.61 Å². The van der Waals surface area contributed by atoms with E-state index in [0.29, 0.717) is 35.8 Å². The van der Waals surface area contributed by atoms with Crippen molar-refractivity contribution in [2.75, 3.05) is 7.11 Å². The van der Waals surface area contributed by atoms with Crippen molar-refractivity contribution in [3.63, 3.8) is 0 Å². The second-order valence-corrected chi connectivity index (χ2v) is 5.00. The van der Waals surface area contributed by atoms with Crippen LogP contribution < -0.4 is 14.8 Å². The van der Waals surface area contributed by atoms with Gasteiger partial charge < -0.3 is 19.3 Å². The molecule has 2 aromatic rings. The van der Waals surface area contributed by atoms with Crippen LogP contribution in [0.5, 0.6) is 11.5 Å². The Morgan fingerprint density at radius 3 is 2.76 bits per heavy atom. The van der Waals surface area contributed by atoms with E-state index in [1.165, 1.54) is 0 Å². The predicted octanol–water partition coefficient (Wildman–Crippen LogP) is 2.46. The molecular weight excluding hydrogens is 270 g/mol. The van der Waals surface area contributed by atoms with Crippen LogP contribution in [0.4, 0.5) is 0 Å². The molecule has 0 atom stereocenters. The molecule has 1 aromatic carbocycles. The molecule has 0 radical (unpaired) electrons. The summed E-state index contributed by atoms with van der Waals surface area (Å²) in [5.74, 6) is 2.44. The zero-order valence-corrected chi connectivity index (χ0v) is 12.8. The van der Waals surface area contributed by atoms with E-state index in [2.05, 4.69) is 29.3 Å². The summed E-state index contributed by atoms with van der Waals surface area (Å²) in [6, 6.07) is 6.22. The van der Waals surface area contributed by atoms with Gasteiger partial charge in [0.25, 0.3) is 0 Å². The summed E-state index contributed by atoms with van der Waals surface area (Å²) in [5, 5.41) is 7.19. The van der Waals surface area contributed by atoms with E-state index in [0.717, 1.165) is 5.56 Å². The third-order valence-electron chi connectivity index (χ3n) is 2.90. The monoisotopic (exact) mass is 291 g/mol. The number of aryl methyl sites for hydroxylation is 1. The zero-order chi connectivity index (χ0) is 15.2. The van der Waals surface area contributed by atoms with Gasteiger partial charge in [-0.1, -0.05) is 31.1 Å². The highest BCUT2D eigenvalue weighted by Crippen LogP contribution is 2.31. The molecule has 0 spiro atoms. The first-order valence-electron chi connectivity index (χ1n) is 6.91. The summed E-state index contributed by atoms with van der Waals surface area (Å²) in [5.41, 5.74) is 1.03. The highest BCUT2D eigenvalue weighted by atomic mass is 16.5.